The van der Waals surface area contributed by atoms with Gasteiger partial charge in [0.2, 0.25) is 5.82 Å². The Morgan fingerprint density at radius 2 is 1.87 bits per heavy atom. The van der Waals surface area contributed by atoms with Crippen LogP contribution in [0.25, 0.3) is 5.69 Å². The molecule has 2 aromatic carbocycles. The maximum absolute atomic E-state index is 12.7. The second-order valence-corrected chi connectivity index (χ2v) is 7.37. The molecule has 0 fully saturated rings. The highest BCUT2D eigenvalue weighted by Gasteiger charge is 2.22. The summed E-state index contributed by atoms with van der Waals surface area (Å²) in [6, 6.07) is 8.85. The molecule has 30 heavy (non-hydrogen) atoms. The van der Waals surface area contributed by atoms with Gasteiger partial charge in [-0.2, -0.15) is 4.68 Å². The first-order valence-electron chi connectivity index (χ1n) is 8.58. The van der Waals surface area contributed by atoms with E-state index in [9.17, 15) is 19.5 Å². The lowest BCUT2D eigenvalue weighted by Crippen LogP contribution is -2.24. The van der Waals surface area contributed by atoms with Crippen LogP contribution in [0.4, 0.5) is 5.69 Å². The Hall–Kier alpha value is -3.30. The summed E-state index contributed by atoms with van der Waals surface area (Å²) in [7, 11) is 4.45. The maximum Gasteiger partial charge on any atom is 0.350 e. The minimum Gasteiger partial charge on any atom is -0.505 e. The summed E-state index contributed by atoms with van der Waals surface area (Å²) in [6.45, 7) is 0. The van der Waals surface area contributed by atoms with Gasteiger partial charge in [0.25, 0.3) is 11.8 Å². The number of nitrogens with zero attached hydrogens (tertiary/aromatic N) is 4. The molecular weight excluding hydrogens is 433 g/mol. The fraction of sp³-hybridized carbons (Fsp3) is 0.158. The van der Waals surface area contributed by atoms with Gasteiger partial charge in [0, 0.05) is 26.2 Å². The summed E-state index contributed by atoms with van der Waals surface area (Å²) >= 11 is 12.0. The highest BCUT2D eigenvalue weighted by Crippen LogP contribution is 2.28. The van der Waals surface area contributed by atoms with E-state index in [-0.39, 0.29) is 27.8 Å². The van der Waals surface area contributed by atoms with E-state index in [1.165, 1.54) is 62.4 Å². The van der Waals surface area contributed by atoms with Gasteiger partial charge in [-0.3, -0.25) is 14.2 Å². The number of hydrogen-bond donors (Lipinski definition) is 2. The van der Waals surface area contributed by atoms with Crippen LogP contribution in [0.3, 0.4) is 0 Å². The molecule has 9 nitrogen and oxygen atoms in total. The average molecular weight is 450 g/mol. The largest absolute Gasteiger partial charge is 0.505 e. The van der Waals surface area contributed by atoms with E-state index < -0.39 is 23.3 Å². The summed E-state index contributed by atoms with van der Waals surface area (Å²) in [5.41, 5.74) is -0.336. The van der Waals surface area contributed by atoms with Gasteiger partial charge in [-0.05, 0) is 30.3 Å². The molecule has 0 aliphatic rings. The minimum absolute atomic E-state index is 0.000718. The van der Waals surface area contributed by atoms with E-state index in [2.05, 4.69) is 10.4 Å². The summed E-state index contributed by atoms with van der Waals surface area (Å²) in [5.74, 6) is -1.81. The Bertz CT molecular complexity index is 1220. The van der Waals surface area contributed by atoms with Gasteiger partial charge in [0.15, 0.2) is 5.75 Å². The molecule has 3 rings (SSSR count). The number of halogens is 2. The van der Waals surface area contributed by atoms with Crippen molar-refractivity contribution in [3.05, 3.63) is 68.3 Å². The number of carbonyl (C=O) groups excluding carboxylic acids is 2. The van der Waals surface area contributed by atoms with Gasteiger partial charge < -0.3 is 15.3 Å². The zero-order chi connectivity index (χ0) is 22.2. The minimum atomic E-state index is -0.761. The molecule has 2 amide bonds. The molecule has 0 aliphatic heterocycles. The lowest BCUT2D eigenvalue weighted by atomic mass is 10.1. The Kier molecular flexibility index (Phi) is 5.86. The zero-order valence-corrected chi connectivity index (χ0v) is 17.7. The molecule has 1 heterocycles. The smallest absolute Gasteiger partial charge is 0.350 e. The predicted octanol–water partition coefficient (Wildman–Crippen LogP) is 2.54. The molecule has 156 valence electrons. The molecule has 1 aromatic heterocycles. The number of anilines is 1. The summed E-state index contributed by atoms with van der Waals surface area (Å²) in [5, 5.41) is 17.5. The van der Waals surface area contributed by atoms with Crippen LogP contribution in [-0.2, 0) is 7.05 Å². The molecule has 0 atom stereocenters. The third kappa shape index (κ3) is 3.89. The summed E-state index contributed by atoms with van der Waals surface area (Å²) in [6.07, 6.45) is 0. The van der Waals surface area contributed by atoms with E-state index in [1.54, 1.807) is 0 Å². The Morgan fingerprint density at radius 3 is 2.50 bits per heavy atom. The van der Waals surface area contributed by atoms with Crippen molar-refractivity contribution < 1.29 is 14.7 Å². The number of aromatic nitrogens is 3. The number of phenols is 1. The molecule has 2 N–H and O–H groups in total. The molecule has 0 saturated carbocycles. The van der Waals surface area contributed by atoms with E-state index in [4.69, 9.17) is 23.2 Å². The van der Waals surface area contributed by atoms with Gasteiger partial charge in [0.05, 0.1) is 22.0 Å². The number of hydrogen-bond acceptors (Lipinski definition) is 5. The standard InChI is InChI=1S/C19H17Cl2N5O4/c1-24(2)18(29)11-5-4-6-13(15(11)27)22-17(28)16-23-26(19(30)25(16)3)14-8-7-10(20)9-12(14)21/h4-9,27H,1-3H3,(H,22,28). The van der Waals surface area contributed by atoms with E-state index in [0.717, 1.165) is 9.25 Å². The molecule has 0 bridgehead atoms. The second-order valence-electron chi connectivity index (χ2n) is 6.53. The van der Waals surface area contributed by atoms with Crippen molar-refractivity contribution >= 4 is 40.7 Å². The average Bonchev–Trinajstić information content (AvgIpc) is 2.98. The van der Waals surface area contributed by atoms with Gasteiger partial charge in [-0.25, -0.2) is 4.79 Å². The van der Waals surface area contributed by atoms with Crippen molar-refractivity contribution in [2.75, 3.05) is 19.4 Å². The van der Waals surface area contributed by atoms with Crippen LogP contribution in [0.15, 0.2) is 41.2 Å². The highest BCUT2D eigenvalue weighted by molar-refractivity contribution is 6.35. The first kappa shape index (κ1) is 21.4. The van der Waals surface area contributed by atoms with E-state index in [1.807, 2.05) is 0 Å². The molecule has 0 radical (unpaired) electrons. The van der Waals surface area contributed by atoms with Crippen LogP contribution in [0.5, 0.6) is 5.75 Å². The maximum atomic E-state index is 12.7. The first-order chi connectivity index (χ1) is 14.1. The Morgan fingerprint density at radius 1 is 1.17 bits per heavy atom. The zero-order valence-electron chi connectivity index (χ0n) is 16.2. The number of nitrogens with one attached hydrogen (secondary N) is 1. The van der Waals surface area contributed by atoms with Crippen molar-refractivity contribution in [2.45, 2.75) is 0 Å². The number of phenolic OH excluding ortho intramolecular Hbond substituents is 1. The van der Waals surface area contributed by atoms with Crippen molar-refractivity contribution in [1.29, 1.82) is 0 Å². The molecule has 0 aliphatic carbocycles. The number of rotatable bonds is 4. The van der Waals surface area contributed by atoms with Crippen molar-refractivity contribution in [3.63, 3.8) is 0 Å². The van der Waals surface area contributed by atoms with Crippen LogP contribution in [-0.4, -0.2) is 50.3 Å². The van der Waals surface area contributed by atoms with E-state index in [0.29, 0.717) is 5.02 Å². The molecule has 3 aromatic rings. The van der Waals surface area contributed by atoms with Gasteiger partial charge >= 0.3 is 5.69 Å². The predicted molar refractivity (Wildman–Crippen MR) is 113 cm³/mol. The van der Waals surface area contributed by atoms with Crippen LogP contribution < -0.4 is 11.0 Å². The molecular formula is C19H17Cl2N5O4. The quantitative estimate of drug-likeness (QED) is 0.594. The number of aromatic hydroxyl groups is 1. The highest BCUT2D eigenvalue weighted by atomic mass is 35.5. The fourth-order valence-corrected chi connectivity index (χ4v) is 3.17. The third-order valence-corrected chi connectivity index (χ3v) is 4.78. The third-order valence-electron chi connectivity index (χ3n) is 4.24. The van der Waals surface area contributed by atoms with E-state index >= 15 is 0 Å². The SMILES string of the molecule is CN(C)C(=O)c1cccc(NC(=O)c2nn(-c3ccc(Cl)cc3Cl)c(=O)n2C)c1O. The Balaban J connectivity index is 1.97. The molecule has 0 unspecified atom stereocenters. The summed E-state index contributed by atoms with van der Waals surface area (Å²) < 4.78 is 2.01. The van der Waals surface area contributed by atoms with Crippen molar-refractivity contribution in [1.82, 2.24) is 19.2 Å². The van der Waals surface area contributed by atoms with Crippen LogP contribution in [0.2, 0.25) is 10.0 Å². The van der Waals surface area contributed by atoms with Crippen LogP contribution in [0, 0.1) is 0 Å². The van der Waals surface area contributed by atoms with Gasteiger partial charge in [-0.1, -0.05) is 29.3 Å². The molecule has 11 heteroatoms. The summed E-state index contributed by atoms with van der Waals surface area (Å²) in [4.78, 5) is 38.7. The van der Waals surface area contributed by atoms with Crippen LogP contribution >= 0.6 is 23.2 Å². The van der Waals surface area contributed by atoms with Crippen LogP contribution in [0.1, 0.15) is 21.0 Å². The lowest BCUT2D eigenvalue weighted by molar-refractivity contribution is 0.0824. The monoisotopic (exact) mass is 449 g/mol. The topological polar surface area (TPSA) is 109 Å². The number of amides is 2. The van der Waals surface area contributed by atoms with Gasteiger partial charge in [0.1, 0.15) is 0 Å². The second kappa shape index (κ2) is 8.21. The first-order valence-corrected chi connectivity index (χ1v) is 9.34. The fourth-order valence-electron chi connectivity index (χ4n) is 2.68. The number of para-hydroxylation sites is 1. The number of benzene rings is 2. The normalized spacial score (nSPS) is 10.7. The molecule has 0 spiro atoms. The molecule has 0 saturated heterocycles. The van der Waals surface area contributed by atoms with Gasteiger partial charge in [-0.15, -0.1) is 5.10 Å². The van der Waals surface area contributed by atoms with Crippen molar-refractivity contribution in [3.8, 4) is 11.4 Å². The Labute approximate surface area is 181 Å². The van der Waals surface area contributed by atoms with Crippen molar-refractivity contribution in [2.24, 2.45) is 7.05 Å². The lowest BCUT2D eigenvalue weighted by Gasteiger charge is -2.14. The number of carbonyl (C=O) groups is 2.